The van der Waals surface area contributed by atoms with Gasteiger partial charge in [0.25, 0.3) is 0 Å². The molecule has 0 saturated carbocycles. The Labute approximate surface area is 120 Å². The molecule has 2 atom stereocenters. The topological polar surface area (TPSA) is 52.6 Å². The number of nitrogens with one attached hydrogen (secondary N) is 1. The van der Waals surface area contributed by atoms with Crippen molar-refractivity contribution in [1.29, 1.82) is 0 Å². The zero-order valence-corrected chi connectivity index (χ0v) is 12.3. The summed E-state index contributed by atoms with van der Waals surface area (Å²) in [6.45, 7) is 6.48. The molecule has 4 heteroatoms. The fourth-order valence-corrected chi connectivity index (χ4v) is 2.57. The van der Waals surface area contributed by atoms with Crippen molar-refractivity contribution in [3.05, 3.63) is 35.4 Å². The highest BCUT2D eigenvalue weighted by Crippen LogP contribution is 2.18. The van der Waals surface area contributed by atoms with Crippen LogP contribution >= 0.6 is 0 Å². The third-order valence-corrected chi connectivity index (χ3v) is 4.09. The van der Waals surface area contributed by atoms with Gasteiger partial charge in [-0.15, -0.1) is 0 Å². The molecule has 2 rings (SSSR count). The first-order valence-electron chi connectivity index (χ1n) is 7.28. The number of aryl methyl sites for hydroxylation is 1. The largest absolute Gasteiger partial charge is 0.396 e. The van der Waals surface area contributed by atoms with Gasteiger partial charge in [0, 0.05) is 19.7 Å². The highest BCUT2D eigenvalue weighted by atomic mass is 16.3. The lowest BCUT2D eigenvalue weighted by Gasteiger charge is -2.23. The third kappa shape index (κ3) is 3.81. The number of nitrogens with zero attached hydrogens (tertiary/aromatic N) is 1. The second-order valence-corrected chi connectivity index (χ2v) is 5.71. The van der Waals surface area contributed by atoms with Crippen LogP contribution < -0.4 is 5.32 Å². The summed E-state index contributed by atoms with van der Waals surface area (Å²) < 4.78 is 0. The molecule has 1 aliphatic rings. The maximum atomic E-state index is 12.2. The lowest BCUT2D eigenvalue weighted by atomic mass is 10.1. The van der Waals surface area contributed by atoms with Crippen molar-refractivity contribution in [2.24, 2.45) is 5.92 Å². The minimum absolute atomic E-state index is 0.0594. The fourth-order valence-electron chi connectivity index (χ4n) is 2.57. The van der Waals surface area contributed by atoms with Crippen molar-refractivity contribution in [3.8, 4) is 0 Å². The van der Waals surface area contributed by atoms with E-state index in [4.69, 9.17) is 5.11 Å². The smallest absolute Gasteiger partial charge is 0.237 e. The quantitative estimate of drug-likeness (QED) is 0.852. The molecule has 1 aromatic carbocycles. The van der Waals surface area contributed by atoms with Crippen molar-refractivity contribution in [3.63, 3.8) is 0 Å². The average molecular weight is 276 g/mol. The molecule has 110 valence electrons. The van der Waals surface area contributed by atoms with Crippen molar-refractivity contribution in [2.45, 2.75) is 32.9 Å². The molecule has 4 nitrogen and oxygen atoms in total. The lowest BCUT2D eigenvalue weighted by molar-refractivity contribution is -0.125. The van der Waals surface area contributed by atoms with Crippen LogP contribution in [0.5, 0.6) is 0 Å². The van der Waals surface area contributed by atoms with E-state index in [0.29, 0.717) is 12.5 Å². The SMILES string of the molecule is Cc1ccc(CNC(=O)C(C)N2CCC(CO)C2)cc1. The summed E-state index contributed by atoms with van der Waals surface area (Å²) in [4.78, 5) is 14.3. The molecule has 0 spiro atoms. The van der Waals surface area contributed by atoms with Gasteiger partial charge in [-0.3, -0.25) is 9.69 Å². The van der Waals surface area contributed by atoms with Crippen LogP contribution in [-0.4, -0.2) is 41.7 Å². The average Bonchev–Trinajstić information content (AvgIpc) is 2.94. The van der Waals surface area contributed by atoms with Crippen LogP contribution in [0.15, 0.2) is 24.3 Å². The van der Waals surface area contributed by atoms with Crippen LogP contribution in [0.25, 0.3) is 0 Å². The van der Waals surface area contributed by atoms with E-state index in [-0.39, 0.29) is 18.6 Å². The maximum Gasteiger partial charge on any atom is 0.237 e. The first-order valence-corrected chi connectivity index (χ1v) is 7.28. The Balaban J connectivity index is 1.81. The van der Waals surface area contributed by atoms with Gasteiger partial charge < -0.3 is 10.4 Å². The maximum absolute atomic E-state index is 12.2. The van der Waals surface area contributed by atoms with E-state index in [1.807, 2.05) is 19.1 Å². The molecule has 0 bridgehead atoms. The zero-order chi connectivity index (χ0) is 14.5. The molecule has 20 heavy (non-hydrogen) atoms. The molecular formula is C16H24N2O2. The van der Waals surface area contributed by atoms with Crippen LogP contribution in [0.3, 0.4) is 0 Å². The van der Waals surface area contributed by atoms with Crippen LogP contribution in [-0.2, 0) is 11.3 Å². The Hall–Kier alpha value is -1.39. The van der Waals surface area contributed by atoms with Gasteiger partial charge in [-0.25, -0.2) is 0 Å². The first kappa shape index (κ1) is 15.0. The van der Waals surface area contributed by atoms with Crippen molar-refractivity contribution in [1.82, 2.24) is 10.2 Å². The molecule has 1 fully saturated rings. The Bertz CT molecular complexity index is 444. The van der Waals surface area contributed by atoms with Gasteiger partial charge in [0.15, 0.2) is 0 Å². The molecule has 0 aliphatic carbocycles. The molecular weight excluding hydrogens is 252 g/mol. The number of benzene rings is 1. The van der Waals surface area contributed by atoms with Crippen molar-refractivity contribution >= 4 is 5.91 Å². The second kappa shape index (κ2) is 6.86. The lowest BCUT2D eigenvalue weighted by Crippen LogP contribution is -2.44. The van der Waals surface area contributed by atoms with Crippen LogP contribution in [0.1, 0.15) is 24.5 Å². The van der Waals surface area contributed by atoms with E-state index in [2.05, 4.69) is 29.3 Å². The Kier molecular flexibility index (Phi) is 5.15. The van der Waals surface area contributed by atoms with E-state index in [1.165, 1.54) is 5.56 Å². The monoisotopic (exact) mass is 276 g/mol. The zero-order valence-electron chi connectivity index (χ0n) is 12.3. The normalized spacial score (nSPS) is 20.9. The number of amides is 1. The molecule has 1 aromatic rings. The molecule has 2 unspecified atom stereocenters. The first-order chi connectivity index (χ1) is 9.60. The number of likely N-dealkylation sites (tertiary alicyclic amines) is 1. The molecule has 2 N–H and O–H groups in total. The fraction of sp³-hybridized carbons (Fsp3) is 0.562. The molecule has 1 saturated heterocycles. The predicted octanol–water partition coefficient (Wildman–Crippen LogP) is 1.31. The molecule has 1 heterocycles. The van der Waals surface area contributed by atoms with Gasteiger partial charge in [0.05, 0.1) is 6.04 Å². The van der Waals surface area contributed by atoms with Gasteiger partial charge in [-0.05, 0) is 38.3 Å². The number of carbonyl (C=O) groups excluding carboxylic acids is 1. The van der Waals surface area contributed by atoms with Crippen LogP contribution in [0, 0.1) is 12.8 Å². The minimum Gasteiger partial charge on any atom is -0.396 e. The van der Waals surface area contributed by atoms with Gasteiger partial charge in [0.2, 0.25) is 5.91 Å². The summed E-state index contributed by atoms with van der Waals surface area (Å²) in [5.74, 6) is 0.381. The summed E-state index contributed by atoms with van der Waals surface area (Å²) in [7, 11) is 0. The van der Waals surface area contributed by atoms with Gasteiger partial charge in [-0.1, -0.05) is 29.8 Å². The number of hydrogen-bond acceptors (Lipinski definition) is 3. The molecule has 0 aromatic heterocycles. The highest BCUT2D eigenvalue weighted by Gasteiger charge is 2.28. The Morgan fingerprint density at radius 2 is 2.15 bits per heavy atom. The van der Waals surface area contributed by atoms with E-state index in [0.717, 1.165) is 25.1 Å². The Morgan fingerprint density at radius 1 is 1.45 bits per heavy atom. The molecule has 1 aliphatic heterocycles. The molecule has 1 amide bonds. The van der Waals surface area contributed by atoms with E-state index >= 15 is 0 Å². The number of aliphatic hydroxyl groups is 1. The van der Waals surface area contributed by atoms with E-state index in [9.17, 15) is 4.79 Å². The van der Waals surface area contributed by atoms with E-state index < -0.39 is 0 Å². The summed E-state index contributed by atoms with van der Waals surface area (Å²) >= 11 is 0. The van der Waals surface area contributed by atoms with E-state index in [1.54, 1.807) is 0 Å². The second-order valence-electron chi connectivity index (χ2n) is 5.71. The van der Waals surface area contributed by atoms with Gasteiger partial charge in [0.1, 0.15) is 0 Å². The van der Waals surface area contributed by atoms with Crippen molar-refractivity contribution in [2.75, 3.05) is 19.7 Å². The molecule has 0 radical (unpaired) electrons. The highest BCUT2D eigenvalue weighted by molar-refractivity contribution is 5.81. The number of rotatable bonds is 5. The third-order valence-electron chi connectivity index (χ3n) is 4.09. The van der Waals surface area contributed by atoms with Crippen molar-refractivity contribution < 1.29 is 9.90 Å². The number of hydrogen-bond donors (Lipinski definition) is 2. The summed E-state index contributed by atoms with van der Waals surface area (Å²) in [5, 5.41) is 12.1. The van der Waals surface area contributed by atoms with Crippen LogP contribution in [0.2, 0.25) is 0 Å². The summed E-state index contributed by atoms with van der Waals surface area (Å²) in [6.07, 6.45) is 0.978. The predicted molar refractivity (Wildman–Crippen MR) is 79.3 cm³/mol. The number of aliphatic hydroxyl groups excluding tert-OH is 1. The van der Waals surface area contributed by atoms with Gasteiger partial charge in [-0.2, -0.15) is 0 Å². The summed E-state index contributed by atoms with van der Waals surface area (Å²) in [6, 6.07) is 8.06. The van der Waals surface area contributed by atoms with Crippen LogP contribution in [0.4, 0.5) is 0 Å². The standard InChI is InChI=1S/C16H24N2O2/c1-12-3-5-14(6-4-12)9-17-16(20)13(2)18-8-7-15(10-18)11-19/h3-6,13,15,19H,7-11H2,1-2H3,(H,17,20). The Morgan fingerprint density at radius 3 is 2.75 bits per heavy atom. The minimum atomic E-state index is -0.128. The summed E-state index contributed by atoms with van der Waals surface area (Å²) in [5.41, 5.74) is 2.34. The van der Waals surface area contributed by atoms with Gasteiger partial charge >= 0.3 is 0 Å². The number of carbonyl (C=O) groups is 1.